The van der Waals surface area contributed by atoms with Crippen molar-refractivity contribution in [2.75, 3.05) is 0 Å². The van der Waals surface area contributed by atoms with Gasteiger partial charge in [-0.2, -0.15) is 0 Å². The van der Waals surface area contributed by atoms with Crippen LogP contribution >= 0.6 is 15.9 Å². The summed E-state index contributed by atoms with van der Waals surface area (Å²) in [7, 11) is 0. The molecule has 4 unspecified atom stereocenters. The van der Waals surface area contributed by atoms with Crippen LogP contribution in [0.1, 0.15) is 37.7 Å². The molecule has 2 fully saturated rings. The van der Waals surface area contributed by atoms with Crippen LogP contribution in [0, 0.1) is 27.9 Å². The standard InChI is InChI=1S/C16H20BrNO2/c17-15(10-14-8-12-1-4-13(14)7-12)9-11-2-5-16(6-3-11)18(19)20/h2-3,5-6,12-15H,1,4,7-10H2. The summed E-state index contributed by atoms with van der Waals surface area (Å²) in [6.07, 6.45) is 7.99. The molecule has 3 rings (SSSR count). The molecule has 4 heteroatoms. The average molecular weight is 338 g/mol. The van der Waals surface area contributed by atoms with Gasteiger partial charge in [0.25, 0.3) is 5.69 Å². The molecule has 2 saturated carbocycles. The fourth-order valence-electron chi connectivity index (χ4n) is 4.09. The third-order valence-corrected chi connectivity index (χ3v) is 5.74. The number of alkyl halides is 1. The lowest BCUT2D eigenvalue weighted by Crippen LogP contribution is -2.16. The van der Waals surface area contributed by atoms with Gasteiger partial charge in [-0.25, -0.2) is 0 Å². The van der Waals surface area contributed by atoms with Crippen LogP contribution in [0.5, 0.6) is 0 Å². The first-order valence-electron chi connectivity index (χ1n) is 7.49. The fraction of sp³-hybridized carbons (Fsp3) is 0.625. The number of hydrogen-bond acceptors (Lipinski definition) is 2. The van der Waals surface area contributed by atoms with Gasteiger partial charge in [-0.15, -0.1) is 0 Å². The van der Waals surface area contributed by atoms with E-state index >= 15 is 0 Å². The first kappa shape index (κ1) is 14.1. The molecule has 0 N–H and O–H groups in total. The lowest BCUT2D eigenvalue weighted by atomic mass is 9.85. The molecular weight excluding hydrogens is 318 g/mol. The van der Waals surface area contributed by atoms with Crippen molar-refractivity contribution in [1.82, 2.24) is 0 Å². The van der Waals surface area contributed by atoms with Crippen molar-refractivity contribution in [1.29, 1.82) is 0 Å². The maximum Gasteiger partial charge on any atom is 0.269 e. The van der Waals surface area contributed by atoms with Gasteiger partial charge in [0.1, 0.15) is 0 Å². The monoisotopic (exact) mass is 337 g/mol. The van der Waals surface area contributed by atoms with E-state index in [0.717, 1.165) is 24.2 Å². The number of hydrogen-bond donors (Lipinski definition) is 0. The molecule has 2 aliphatic carbocycles. The Morgan fingerprint density at radius 2 is 2.00 bits per heavy atom. The molecule has 2 bridgehead atoms. The van der Waals surface area contributed by atoms with Crippen LogP contribution in [0.15, 0.2) is 24.3 Å². The minimum atomic E-state index is -0.343. The van der Waals surface area contributed by atoms with Gasteiger partial charge in [0, 0.05) is 17.0 Å². The zero-order chi connectivity index (χ0) is 14.1. The number of fused-ring (bicyclic) bond motifs is 2. The van der Waals surface area contributed by atoms with Gasteiger partial charge < -0.3 is 0 Å². The molecule has 0 aliphatic heterocycles. The predicted molar refractivity (Wildman–Crippen MR) is 83.1 cm³/mol. The van der Waals surface area contributed by atoms with Gasteiger partial charge in [0.2, 0.25) is 0 Å². The molecule has 1 aromatic rings. The fourth-order valence-corrected chi connectivity index (χ4v) is 4.94. The normalized spacial score (nSPS) is 29.6. The minimum Gasteiger partial charge on any atom is -0.258 e. The first-order chi connectivity index (χ1) is 9.61. The van der Waals surface area contributed by atoms with Crippen LogP contribution in [0.3, 0.4) is 0 Å². The van der Waals surface area contributed by atoms with Crippen molar-refractivity contribution in [3.05, 3.63) is 39.9 Å². The Kier molecular flexibility index (Phi) is 4.11. The van der Waals surface area contributed by atoms with Gasteiger partial charge >= 0.3 is 0 Å². The SMILES string of the molecule is O=[N+]([O-])c1ccc(CC(Br)CC2CC3CCC2C3)cc1. The van der Waals surface area contributed by atoms with Gasteiger partial charge in [-0.1, -0.05) is 34.5 Å². The number of nitrogens with zero attached hydrogens (tertiary/aromatic N) is 1. The van der Waals surface area contributed by atoms with Crippen molar-refractivity contribution in [3.63, 3.8) is 0 Å². The summed E-state index contributed by atoms with van der Waals surface area (Å²) in [6, 6.07) is 6.97. The number of halogens is 1. The highest BCUT2D eigenvalue weighted by atomic mass is 79.9. The molecule has 108 valence electrons. The van der Waals surface area contributed by atoms with Gasteiger partial charge in [0.05, 0.1) is 4.92 Å². The highest BCUT2D eigenvalue weighted by Gasteiger charge is 2.39. The number of non-ortho nitro benzene ring substituents is 1. The highest BCUT2D eigenvalue weighted by Crippen LogP contribution is 2.50. The summed E-state index contributed by atoms with van der Waals surface area (Å²) in [5.74, 6) is 2.87. The number of benzene rings is 1. The molecule has 4 atom stereocenters. The van der Waals surface area contributed by atoms with E-state index in [4.69, 9.17) is 0 Å². The number of nitro benzene ring substituents is 1. The van der Waals surface area contributed by atoms with Crippen molar-refractivity contribution < 1.29 is 4.92 Å². The summed E-state index contributed by atoms with van der Waals surface area (Å²) >= 11 is 3.81. The Balaban J connectivity index is 1.53. The Morgan fingerprint density at radius 1 is 1.25 bits per heavy atom. The van der Waals surface area contributed by atoms with Gasteiger partial charge in [-0.3, -0.25) is 10.1 Å². The van der Waals surface area contributed by atoms with Crippen LogP contribution in [0.25, 0.3) is 0 Å². The molecule has 2 aliphatic rings. The molecule has 0 heterocycles. The van der Waals surface area contributed by atoms with Gasteiger partial charge in [-0.05, 0) is 55.4 Å². The van der Waals surface area contributed by atoms with E-state index in [2.05, 4.69) is 15.9 Å². The minimum absolute atomic E-state index is 0.174. The Bertz CT molecular complexity index is 488. The second kappa shape index (κ2) is 5.84. The van der Waals surface area contributed by atoms with E-state index in [1.54, 1.807) is 12.1 Å². The molecule has 0 radical (unpaired) electrons. The zero-order valence-electron chi connectivity index (χ0n) is 11.5. The molecular formula is C16H20BrNO2. The smallest absolute Gasteiger partial charge is 0.258 e. The lowest BCUT2D eigenvalue weighted by Gasteiger charge is -2.24. The van der Waals surface area contributed by atoms with Crippen molar-refractivity contribution in [3.8, 4) is 0 Å². The van der Waals surface area contributed by atoms with Crippen LogP contribution < -0.4 is 0 Å². The Hall–Kier alpha value is -0.900. The van der Waals surface area contributed by atoms with Gasteiger partial charge in [0.15, 0.2) is 0 Å². The first-order valence-corrected chi connectivity index (χ1v) is 8.41. The van der Waals surface area contributed by atoms with E-state index in [1.165, 1.54) is 37.7 Å². The summed E-state index contributed by atoms with van der Waals surface area (Å²) in [5, 5.41) is 10.6. The third-order valence-electron chi connectivity index (χ3n) is 5.05. The molecule has 20 heavy (non-hydrogen) atoms. The van der Waals surface area contributed by atoms with E-state index < -0.39 is 0 Å². The molecule has 0 saturated heterocycles. The predicted octanol–water partition coefficient (Wildman–Crippen LogP) is 4.73. The van der Waals surface area contributed by atoms with Crippen LogP contribution in [-0.4, -0.2) is 9.75 Å². The molecule has 3 nitrogen and oxygen atoms in total. The summed E-state index contributed by atoms with van der Waals surface area (Å²) in [4.78, 5) is 10.8. The number of rotatable bonds is 5. The lowest BCUT2D eigenvalue weighted by molar-refractivity contribution is -0.384. The Labute approximate surface area is 128 Å². The topological polar surface area (TPSA) is 43.1 Å². The molecule has 1 aromatic carbocycles. The van der Waals surface area contributed by atoms with Crippen LogP contribution in [0.4, 0.5) is 5.69 Å². The zero-order valence-corrected chi connectivity index (χ0v) is 13.1. The van der Waals surface area contributed by atoms with Crippen molar-refractivity contribution >= 4 is 21.6 Å². The quantitative estimate of drug-likeness (QED) is 0.443. The summed E-state index contributed by atoms with van der Waals surface area (Å²) in [6.45, 7) is 0. The molecule has 0 amide bonds. The average Bonchev–Trinajstić information content (AvgIpc) is 3.01. The number of nitro groups is 1. The van der Waals surface area contributed by atoms with Crippen LogP contribution in [0.2, 0.25) is 0 Å². The maximum atomic E-state index is 10.6. The van der Waals surface area contributed by atoms with Crippen LogP contribution in [-0.2, 0) is 6.42 Å². The third kappa shape index (κ3) is 3.05. The van der Waals surface area contributed by atoms with Crippen molar-refractivity contribution in [2.24, 2.45) is 17.8 Å². The summed E-state index contributed by atoms with van der Waals surface area (Å²) < 4.78 is 0. The van der Waals surface area contributed by atoms with E-state index in [1.807, 2.05) is 12.1 Å². The highest BCUT2D eigenvalue weighted by molar-refractivity contribution is 9.09. The maximum absolute atomic E-state index is 10.6. The Morgan fingerprint density at radius 3 is 2.55 bits per heavy atom. The summed E-state index contributed by atoms with van der Waals surface area (Å²) in [5.41, 5.74) is 1.36. The molecule has 0 spiro atoms. The van der Waals surface area contributed by atoms with E-state index in [0.29, 0.717) is 4.83 Å². The largest absolute Gasteiger partial charge is 0.269 e. The van der Waals surface area contributed by atoms with Crippen molar-refractivity contribution in [2.45, 2.75) is 43.4 Å². The van der Waals surface area contributed by atoms with E-state index in [-0.39, 0.29) is 10.6 Å². The second-order valence-corrected chi connectivity index (χ2v) is 7.69. The molecule has 0 aromatic heterocycles. The van der Waals surface area contributed by atoms with E-state index in [9.17, 15) is 10.1 Å². The second-order valence-electron chi connectivity index (χ2n) is 6.40.